The van der Waals surface area contributed by atoms with Crippen molar-refractivity contribution in [1.29, 1.82) is 0 Å². The second-order valence-electron chi connectivity index (χ2n) is 5.95. The number of carbonyl (C=O) groups is 2. The summed E-state index contributed by atoms with van der Waals surface area (Å²) in [6, 6.07) is 7.04. The Bertz CT molecular complexity index is 719. The topological polar surface area (TPSA) is 56.8 Å². The predicted octanol–water partition coefficient (Wildman–Crippen LogP) is 1.56. The van der Waals surface area contributed by atoms with Crippen molar-refractivity contribution >= 4 is 28.3 Å². The zero-order chi connectivity index (χ0) is 16.5. The maximum atomic E-state index is 12.4. The summed E-state index contributed by atoms with van der Waals surface area (Å²) in [5.74, 6) is -0.339. The lowest BCUT2D eigenvalue weighted by atomic mass is 10.1. The fourth-order valence-corrected chi connectivity index (χ4v) is 3.92. The highest BCUT2D eigenvalue weighted by molar-refractivity contribution is 7.13. The SMILES string of the molecule is O=C1c2ccccc2C(=O)N1CCN1CCN(c2nccs2)CC1. The summed E-state index contributed by atoms with van der Waals surface area (Å²) in [7, 11) is 0. The normalized spacial score (nSPS) is 18.3. The van der Waals surface area contributed by atoms with Gasteiger partial charge in [0, 0.05) is 50.8 Å². The second kappa shape index (κ2) is 6.33. The first-order chi connectivity index (χ1) is 11.7. The number of nitrogens with zero attached hydrogens (tertiary/aromatic N) is 4. The van der Waals surface area contributed by atoms with Crippen LogP contribution in [0.2, 0.25) is 0 Å². The number of amides is 2. The van der Waals surface area contributed by atoms with Crippen LogP contribution in [0.25, 0.3) is 0 Å². The van der Waals surface area contributed by atoms with Gasteiger partial charge in [0.1, 0.15) is 0 Å². The average molecular weight is 342 g/mol. The highest BCUT2D eigenvalue weighted by Crippen LogP contribution is 2.22. The number of hydrogen-bond acceptors (Lipinski definition) is 6. The van der Waals surface area contributed by atoms with Crippen molar-refractivity contribution in [2.45, 2.75) is 0 Å². The Morgan fingerprint density at radius 3 is 2.21 bits per heavy atom. The summed E-state index contributed by atoms with van der Waals surface area (Å²) < 4.78 is 0. The van der Waals surface area contributed by atoms with Gasteiger partial charge >= 0.3 is 0 Å². The highest BCUT2D eigenvalue weighted by atomic mass is 32.1. The lowest BCUT2D eigenvalue weighted by molar-refractivity contribution is 0.0635. The van der Waals surface area contributed by atoms with Crippen molar-refractivity contribution in [2.24, 2.45) is 0 Å². The molecule has 0 radical (unpaired) electrons. The van der Waals surface area contributed by atoms with Gasteiger partial charge in [0.05, 0.1) is 11.1 Å². The second-order valence-corrected chi connectivity index (χ2v) is 6.82. The van der Waals surface area contributed by atoms with E-state index in [4.69, 9.17) is 0 Å². The molecule has 7 heteroatoms. The minimum Gasteiger partial charge on any atom is -0.346 e. The molecule has 24 heavy (non-hydrogen) atoms. The number of aromatic nitrogens is 1. The quantitative estimate of drug-likeness (QED) is 0.790. The summed E-state index contributed by atoms with van der Waals surface area (Å²) in [6.45, 7) is 4.86. The van der Waals surface area contributed by atoms with Gasteiger partial charge in [0.15, 0.2) is 5.13 Å². The number of anilines is 1. The monoisotopic (exact) mass is 342 g/mol. The van der Waals surface area contributed by atoms with Crippen LogP contribution in [0, 0.1) is 0 Å². The lowest BCUT2D eigenvalue weighted by Gasteiger charge is -2.35. The van der Waals surface area contributed by atoms with E-state index in [1.807, 2.05) is 11.6 Å². The van der Waals surface area contributed by atoms with E-state index in [9.17, 15) is 9.59 Å². The van der Waals surface area contributed by atoms with Gasteiger partial charge in [-0.3, -0.25) is 19.4 Å². The molecule has 3 heterocycles. The molecule has 4 rings (SSSR count). The summed E-state index contributed by atoms with van der Waals surface area (Å²) in [5, 5.41) is 3.05. The highest BCUT2D eigenvalue weighted by Gasteiger charge is 2.35. The molecule has 0 N–H and O–H groups in total. The van der Waals surface area contributed by atoms with E-state index in [2.05, 4.69) is 14.8 Å². The summed E-state index contributed by atoms with van der Waals surface area (Å²) in [4.78, 5) is 35.0. The van der Waals surface area contributed by atoms with Gasteiger partial charge in [-0.2, -0.15) is 0 Å². The van der Waals surface area contributed by atoms with Crippen molar-refractivity contribution in [3.05, 3.63) is 47.0 Å². The number of rotatable bonds is 4. The van der Waals surface area contributed by atoms with Gasteiger partial charge in [-0.05, 0) is 12.1 Å². The molecule has 0 unspecified atom stereocenters. The molecule has 1 aromatic heterocycles. The Morgan fingerprint density at radius 2 is 1.62 bits per heavy atom. The van der Waals surface area contributed by atoms with Gasteiger partial charge in [0.25, 0.3) is 11.8 Å². The number of imide groups is 1. The molecule has 0 aliphatic carbocycles. The van der Waals surface area contributed by atoms with Crippen LogP contribution in [-0.2, 0) is 0 Å². The van der Waals surface area contributed by atoms with Crippen LogP contribution in [-0.4, -0.2) is 65.9 Å². The van der Waals surface area contributed by atoms with Crippen LogP contribution in [0.1, 0.15) is 20.7 Å². The molecule has 6 nitrogen and oxygen atoms in total. The van der Waals surface area contributed by atoms with Gasteiger partial charge in [-0.15, -0.1) is 11.3 Å². The van der Waals surface area contributed by atoms with Crippen LogP contribution >= 0.6 is 11.3 Å². The summed E-state index contributed by atoms with van der Waals surface area (Å²) >= 11 is 1.66. The van der Waals surface area contributed by atoms with E-state index < -0.39 is 0 Å². The molecule has 0 atom stereocenters. The Kier molecular flexibility index (Phi) is 4.03. The summed E-state index contributed by atoms with van der Waals surface area (Å²) in [6.07, 6.45) is 1.83. The fourth-order valence-electron chi connectivity index (χ4n) is 3.22. The van der Waals surface area contributed by atoms with E-state index >= 15 is 0 Å². The third-order valence-corrected chi connectivity index (χ3v) is 5.41. The number of piperazine rings is 1. The first-order valence-electron chi connectivity index (χ1n) is 8.06. The number of hydrogen-bond donors (Lipinski definition) is 0. The van der Waals surface area contributed by atoms with Crippen molar-refractivity contribution in [1.82, 2.24) is 14.8 Å². The molecule has 1 aromatic carbocycles. The van der Waals surface area contributed by atoms with Crippen molar-refractivity contribution in [3.8, 4) is 0 Å². The number of fused-ring (bicyclic) bond motifs is 1. The zero-order valence-electron chi connectivity index (χ0n) is 13.2. The molecule has 0 spiro atoms. The van der Waals surface area contributed by atoms with E-state index in [-0.39, 0.29) is 11.8 Å². The number of carbonyl (C=O) groups excluding carboxylic acids is 2. The maximum Gasteiger partial charge on any atom is 0.261 e. The molecule has 0 saturated carbocycles. The number of thiazole rings is 1. The van der Waals surface area contributed by atoms with Crippen LogP contribution < -0.4 is 4.90 Å². The maximum absolute atomic E-state index is 12.4. The predicted molar refractivity (Wildman–Crippen MR) is 92.6 cm³/mol. The minimum absolute atomic E-state index is 0.169. The van der Waals surface area contributed by atoms with Crippen LogP contribution in [0.15, 0.2) is 35.8 Å². The molecular formula is C17H18N4O2S. The Balaban J connectivity index is 1.32. The average Bonchev–Trinajstić information content (AvgIpc) is 3.23. The van der Waals surface area contributed by atoms with E-state index in [0.717, 1.165) is 37.9 Å². The van der Waals surface area contributed by atoms with Crippen molar-refractivity contribution in [3.63, 3.8) is 0 Å². The number of benzene rings is 1. The Labute approximate surface area is 144 Å². The van der Waals surface area contributed by atoms with Crippen LogP contribution in [0.3, 0.4) is 0 Å². The molecule has 1 fully saturated rings. The van der Waals surface area contributed by atoms with Gasteiger partial charge in [0.2, 0.25) is 0 Å². The van der Waals surface area contributed by atoms with Crippen LogP contribution in [0.4, 0.5) is 5.13 Å². The third-order valence-electron chi connectivity index (χ3n) is 4.58. The smallest absolute Gasteiger partial charge is 0.261 e. The minimum atomic E-state index is -0.169. The zero-order valence-corrected chi connectivity index (χ0v) is 14.0. The molecular weight excluding hydrogens is 324 g/mol. The molecule has 2 amide bonds. The van der Waals surface area contributed by atoms with Crippen LogP contribution in [0.5, 0.6) is 0 Å². The van der Waals surface area contributed by atoms with E-state index in [1.54, 1.807) is 35.6 Å². The molecule has 2 aliphatic rings. The third kappa shape index (κ3) is 2.70. The standard InChI is InChI=1S/C17H18N4O2S/c22-15-13-3-1-2-4-14(13)16(23)21(15)11-8-19-6-9-20(10-7-19)17-18-5-12-24-17/h1-5,12H,6-11H2. The van der Waals surface area contributed by atoms with E-state index in [0.29, 0.717) is 17.7 Å². The molecule has 2 aromatic rings. The van der Waals surface area contributed by atoms with Gasteiger partial charge < -0.3 is 4.90 Å². The fraction of sp³-hybridized carbons (Fsp3) is 0.353. The van der Waals surface area contributed by atoms with Gasteiger partial charge in [-0.1, -0.05) is 12.1 Å². The Morgan fingerprint density at radius 1 is 0.958 bits per heavy atom. The van der Waals surface area contributed by atoms with Crippen molar-refractivity contribution in [2.75, 3.05) is 44.2 Å². The molecule has 1 saturated heterocycles. The Hall–Kier alpha value is -2.25. The van der Waals surface area contributed by atoms with Gasteiger partial charge in [-0.25, -0.2) is 4.98 Å². The molecule has 0 bridgehead atoms. The first kappa shape index (κ1) is 15.3. The molecule has 2 aliphatic heterocycles. The molecule has 124 valence electrons. The first-order valence-corrected chi connectivity index (χ1v) is 8.94. The van der Waals surface area contributed by atoms with Crippen molar-refractivity contribution < 1.29 is 9.59 Å². The van der Waals surface area contributed by atoms with E-state index in [1.165, 1.54) is 4.90 Å². The largest absolute Gasteiger partial charge is 0.346 e. The summed E-state index contributed by atoms with van der Waals surface area (Å²) in [5.41, 5.74) is 1.05. The lowest BCUT2D eigenvalue weighted by Crippen LogP contribution is -2.49.